The number of piperazine rings is 1. The second-order valence-electron chi connectivity index (χ2n) is 20.7. The molecule has 4 heterocycles. The van der Waals surface area contributed by atoms with Crippen LogP contribution in [0.2, 0.25) is 0 Å². The molecule has 81 heavy (non-hydrogen) atoms. The lowest BCUT2D eigenvalue weighted by Crippen LogP contribution is -2.59. The molecule has 3 fully saturated rings. The molecule has 20 nitrogen and oxygen atoms in total. The smallest absolute Gasteiger partial charge is 0.407 e. The van der Waals surface area contributed by atoms with Gasteiger partial charge in [0.05, 0.1) is 25.6 Å². The summed E-state index contributed by atoms with van der Waals surface area (Å²) < 4.78 is 17.6. The number of alkyl carbamates (subject to hydrolysis) is 1. The first kappa shape index (κ1) is 57.1. The number of aromatic nitrogens is 1. The van der Waals surface area contributed by atoms with E-state index in [4.69, 9.17) is 19.9 Å². The Balaban J connectivity index is 1.12. The molecule has 5 aromatic carbocycles. The number of carbonyl (C=O) groups is 7. The first-order valence-corrected chi connectivity index (χ1v) is 27.5. The van der Waals surface area contributed by atoms with Crippen LogP contribution in [0.1, 0.15) is 46.7 Å². The molecule has 1 aromatic heterocycles. The van der Waals surface area contributed by atoms with Gasteiger partial charge in [0.15, 0.2) is 5.78 Å². The number of ether oxygens (including phenoxy) is 3. The molecule has 0 radical (unpaired) electrons. The van der Waals surface area contributed by atoms with Crippen molar-refractivity contribution in [3.05, 3.63) is 167 Å². The number of nitrogens with two attached hydrogens (primary N) is 1. The second kappa shape index (κ2) is 27.5. The Bertz CT molecular complexity index is 3120. The van der Waals surface area contributed by atoms with Crippen molar-refractivity contribution in [2.75, 3.05) is 59.5 Å². The number of hydrogen-bond acceptors (Lipinski definition) is 13. The number of ketones is 1. The molecule has 3 saturated heterocycles. The van der Waals surface area contributed by atoms with Crippen LogP contribution in [0, 0.1) is 5.92 Å². The van der Waals surface area contributed by atoms with E-state index in [0.717, 1.165) is 11.1 Å². The van der Waals surface area contributed by atoms with E-state index in [9.17, 15) is 4.79 Å². The number of rotatable bonds is 16. The van der Waals surface area contributed by atoms with Crippen LogP contribution in [-0.4, -0.2) is 146 Å². The average Bonchev–Trinajstić information content (AvgIpc) is 4.32. The van der Waals surface area contributed by atoms with Gasteiger partial charge in [-0.1, -0.05) is 109 Å². The molecule has 9 rings (SSSR count). The van der Waals surface area contributed by atoms with Gasteiger partial charge in [0, 0.05) is 95.0 Å². The third kappa shape index (κ3) is 15.0. The maximum Gasteiger partial charge on any atom is 0.407 e. The van der Waals surface area contributed by atoms with E-state index in [-0.39, 0.29) is 58.3 Å². The van der Waals surface area contributed by atoms with Gasteiger partial charge in [-0.2, -0.15) is 0 Å². The first-order valence-electron chi connectivity index (χ1n) is 27.5. The lowest BCUT2D eigenvalue weighted by atomic mass is 9.92. The summed E-state index contributed by atoms with van der Waals surface area (Å²) in [7, 11) is 1.54. The molecule has 7 atom stereocenters. The van der Waals surface area contributed by atoms with Crippen LogP contribution in [0.25, 0.3) is 10.9 Å². The number of fused-ring (bicyclic) bond motifs is 2. The van der Waals surface area contributed by atoms with Gasteiger partial charge in [-0.25, -0.2) is 4.79 Å². The van der Waals surface area contributed by atoms with Crippen molar-refractivity contribution in [3.8, 4) is 11.5 Å². The number of aromatic amines is 1. The zero-order valence-electron chi connectivity index (χ0n) is 45.3. The Morgan fingerprint density at radius 3 is 2.04 bits per heavy atom. The Kier molecular flexibility index (Phi) is 19.4. The fourth-order valence-electron chi connectivity index (χ4n) is 10.7. The van der Waals surface area contributed by atoms with E-state index < -0.39 is 83.6 Å². The zero-order valence-corrected chi connectivity index (χ0v) is 45.3. The third-order valence-corrected chi connectivity index (χ3v) is 15.0. The predicted molar refractivity (Wildman–Crippen MR) is 303 cm³/mol. The average molecular weight is 1100 g/mol. The van der Waals surface area contributed by atoms with Crippen LogP contribution in [0.15, 0.2) is 140 Å². The topological polar surface area (TPSA) is 268 Å². The number of benzene rings is 5. The largest absolute Gasteiger partial charge is 0.496 e. The number of carbonyl (C=O) groups excluding carboxylic acids is 7. The van der Waals surface area contributed by atoms with Crippen molar-refractivity contribution in [2.45, 2.75) is 75.0 Å². The number of amides is 6. The lowest BCUT2D eigenvalue weighted by Gasteiger charge is -2.33. The van der Waals surface area contributed by atoms with Crippen LogP contribution >= 0.6 is 0 Å². The van der Waals surface area contributed by atoms with Gasteiger partial charge in [-0.15, -0.1) is 0 Å². The SMILES string of the molecule is COc1cccc2[nH]cc(C[C@H]3NC(=O)[C@H](c4ccccc4)NC(=O)[C@@H]4C[C@@H](OC(=O)NCCN)CN4C(=O)[C@H](Cc4ccccc4)NC(=O)[C@H](Cc4ccc(OCc5ccccc5)cc4)NC(=O)[C@H](CN4CCNCC4)CC3=O)c12. The van der Waals surface area contributed by atoms with Gasteiger partial charge in [0.2, 0.25) is 29.5 Å². The second-order valence-corrected chi connectivity index (χ2v) is 20.7. The van der Waals surface area contributed by atoms with Crippen LogP contribution in [0.5, 0.6) is 11.5 Å². The van der Waals surface area contributed by atoms with E-state index in [1.807, 2.05) is 48.5 Å². The summed E-state index contributed by atoms with van der Waals surface area (Å²) >= 11 is 0. The van der Waals surface area contributed by atoms with Gasteiger partial charge in [0.25, 0.3) is 0 Å². The molecule has 6 aromatic rings. The summed E-state index contributed by atoms with van der Waals surface area (Å²) in [5.74, 6) is -3.85. The quantitative estimate of drug-likeness (QED) is 0.0693. The number of H-pyrrole nitrogens is 1. The maximum absolute atomic E-state index is 15.4. The molecule has 0 spiro atoms. The highest BCUT2D eigenvalue weighted by atomic mass is 16.6. The van der Waals surface area contributed by atoms with Crippen LogP contribution in [-0.2, 0) is 59.4 Å². The molecule has 0 bridgehead atoms. The van der Waals surface area contributed by atoms with Crippen molar-refractivity contribution >= 4 is 52.3 Å². The minimum absolute atomic E-state index is 0.0360. The standard InChI is InChI=1S/C61H70N10O10/c1-79-53-19-11-18-47-54(53)43(35-65-47)32-48-52(72)33-44(36-70-28-26-63-27-29-70)56(73)67-49(30-40-20-22-45(23-21-40)80-38-41-14-7-3-8-15-41)57(74)68-50(31-39-12-5-2-6-13-39)60(77)71-37-46(81-61(78)64-25-24-62)34-51(71)58(75)69-55(59(76)66-48)42-16-9-4-10-17-42/h2-23,35,44,46,48-51,55,63,65H,24-34,36-38,62H2,1H3,(H,64,78)(H,66,76)(H,67,73)(H,68,74)(H,69,75)/t44-,46+,48+,49-,50-,51-,55-/m0/s1. The number of nitrogens with one attached hydrogen (secondary N) is 7. The van der Waals surface area contributed by atoms with Gasteiger partial charge in [-0.3, -0.25) is 28.8 Å². The first-order chi connectivity index (χ1) is 39.4. The van der Waals surface area contributed by atoms with Gasteiger partial charge < -0.3 is 66.6 Å². The normalized spacial score (nSPS) is 22.5. The van der Waals surface area contributed by atoms with E-state index >= 15 is 28.8 Å². The van der Waals surface area contributed by atoms with Gasteiger partial charge in [-0.05, 0) is 52.1 Å². The van der Waals surface area contributed by atoms with E-state index in [1.54, 1.807) is 98.2 Å². The molecule has 424 valence electrons. The van der Waals surface area contributed by atoms with Crippen LogP contribution in [0.3, 0.4) is 0 Å². The van der Waals surface area contributed by atoms with Crippen molar-refractivity contribution in [1.82, 2.24) is 46.7 Å². The lowest BCUT2D eigenvalue weighted by molar-refractivity contribution is -0.143. The Labute approximate surface area is 470 Å². The van der Waals surface area contributed by atoms with Crippen molar-refractivity contribution in [3.63, 3.8) is 0 Å². The molecule has 0 unspecified atom stereocenters. The fourth-order valence-corrected chi connectivity index (χ4v) is 10.7. The predicted octanol–water partition coefficient (Wildman–Crippen LogP) is 3.24. The minimum Gasteiger partial charge on any atom is -0.496 e. The number of Topliss-reactive ketones (excluding diaryl/α,β-unsaturated/α-hetero) is 1. The van der Waals surface area contributed by atoms with Crippen molar-refractivity contribution in [2.24, 2.45) is 11.7 Å². The Morgan fingerprint density at radius 2 is 1.33 bits per heavy atom. The Morgan fingerprint density at radius 1 is 0.679 bits per heavy atom. The molecule has 0 aliphatic carbocycles. The summed E-state index contributed by atoms with van der Waals surface area (Å²) in [6, 6.07) is 33.2. The monoisotopic (exact) mass is 1100 g/mol. The molecule has 0 saturated carbocycles. The molecule has 3 aliphatic heterocycles. The molecular weight excluding hydrogens is 1030 g/mol. The van der Waals surface area contributed by atoms with E-state index in [1.165, 1.54) is 4.90 Å². The highest BCUT2D eigenvalue weighted by Gasteiger charge is 2.45. The highest BCUT2D eigenvalue weighted by Crippen LogP contribution is 2.31. The molecular formula is C61H70N10O10. The molecule has 6 amide bonds. The van der Waals surface area contributed by atoms with Crippen LogP contribution < -0.4 is 47.1 Å². The minimum atomic E-state index is -1.42. The Hall–Kier alpha value is -8.59. The summed E-state index contributed by atoms with van der Waals surface area (Å²) in [6.45, 7) is 2.91. The van der Waals surface area contributed by atoms with Crippen molar-refractivity contribution in [1.29, 1.82) is 0 Å². The highest BCUT2D eigenvalue weighted by molar-refractivity contribution is 5.99. The molecule has 20 heteroatoms. The molecule has 9 N–H and O–H groups in total. The summed E-state index contributed by atoms with van der Waals surface area (Å²) in [4.78, 5) is 111. The summed E-state index contributed by atoms with van der Waals surface area (Å²) in [5, 5.41) is 18.5. The number of hydrogen-bond donors (Lipinski definition) is 8. The summed E-state index contributed by atoms with van der Waals surface area (Å²) in [5.41, 5.74) is 9.70. The maximum atomic E-state index is 15.4. The van der Waals surface area contributed by atoms with Crippen LogP contribution in [0.4, 0.5) is 4.79 Å². The summed E-state index contributed by atoms with van der Waals surface area (Å²) in [6.07, 6.45) is -0.723. The molecule has 3 aliphatic rings. The number of nitrogens with zero attached hydrogens (tertiary/aromatic N) is 2. The van der Waals surface area contributed by atoms with E-state index in [2.05, 4.69) is 41.8 Å². The number of methoxy groups -OCH3 is 1. The van der Waals surface area contributed by atoms with Gasteiger partial charge >= 0.3 is 6.09 Å². The zero-order chi connectivity index (χ0) is 56.7. The third-order valence-electron chi connectivity index (χ3n) is 15.0. The van der Waals surface area contributed by atoms with E-state index in [0.29, 0.717) is 71.9 Å². The fraction of sp³-hybridized carbons (Fsp3) is 0.361. The van der Waals surface area contributed by atoms with Crippen molar-refractivity contribution < 1.29 is 47.8 Å². The van der Waals surface area contributed by atoms with Gasteiger partial charge in [0.1, 0.15) is 48.4 Å².